The SMILES string of the molecule is Cc1cc(C)n(CC(C)NCCCn2cc(Cl)cn2)n1. The van der Waals surface area contributed by atoms with Gasteiger partial charge >= 0.3 is 0 Å². The predicted octanol–water partition coefficient (Wildman–Crippen LogP) is 2.42. The lowest BCUT2D eigenvalue weighted by Crippen LogP contribution is -2.32. The number of nitrogens with zero attached hydrogens (tertiary/aromatic N) is 4. The summed E-state index contributed by atoms with van der Waals surface area (Å²) in [6.07, 6.45) is 4.54. The van der Waals surface area contributed by atoms with Crippen LogP contribution in [-0.2, 0) is 13.1 Å². The van der Waals surface area contributed by atoms with Crippen molar-refractivity contribution >= 4 is 11.6 Å². The van der Waals surface area contributed by atoms with Gasteiger partial charge in [-0.05, 0) is 39.8 Å². The number of hydrogen-bond donors (Lipinski definition) is 1. The summed E-state index contributed by atoms with van der Waals surface area (Å²) in [7, 11) is 0. The van der Waals surface area contributed by atoms with Crippen molar-refractivity contribution in [3.05, 3.63) is 34.9 Å². The van der Waals surface area contributed by atoms with E-state index in [-0.39, 0.29) is 0 Å². The first kappa shape index (κ1) is 15.1. The summed E-state index contributed by atoms with van der Waals surface area (Å²) < 4.78 is 3.93. The maximum Gasteiger partial charge on any atom is 0.0785 e. The van der Waals surface area contributed by atoms with E-state index in [1.54, 1.807) is 6.20 Å². The van der Waals surface area contributed by atoms with Gasteiger partial charge in [0.15, 0.2) is 0 Å². The number of rotatable bonds is 7. The van der Waals surface area contributed by atoms with Gasteiger partial charge in [0.25, 0.3) is 0 Å². The second kappa shape index (κ2) is 6.90. The Bertz CT molecular complexity index is 546. The molecule has 2 aromatic heterocycles. The summed E-state index contributed by atoms with van der Waals surface area (Å²) in [4.78, 5) is 0. The Balaban J connectivity index is 1.67. The van der Waals surface area contributed by atoms with Crippen LogP contribution in [0.3, 0.4) is 0 Å². The van der Waals surface area contributed by atoms with E-state index in [2.05, 4.69) is 40.1 Å². The number of hydrogen-bond acceptors (Lipinski definition) is 3. The maximum atomic E-state index is 5.82. The van der Waals surface area contributed by atoms with Crippen LogP contribution in [0.4, 0.5) is 0 Å². The predicted molar refractivity (Wildman–Crippen MR) is 81.0 cm³/mol. The molecule has 0 saturated heterocycles. The topological polar surface area (TPSA) is 47.7 Å². The number of halogens is 1. The molecule has 20 heavy (non-hydrogen) atoms. The molecule has 6 heteroatoms. The second-order valence-electron chi connectivity index (χ2n) is 5.24. The zero-order valence-electron chi connectivity index (χ0n) is 12.3. The van der Waals surface area contributed by atoms with E-state index in [0.29, 0.717) is 11.1 Å². The van der Waals surface area contributed by atoms with Gasteiger partial charge in [0.2, 0.25) is 0 Å². The van der Waals surface area contributed by atoms with E-state index in [0.717, 1.165) is 31.7 Å². The van der Waals surface area contributed by atoms with Crippen molar-refractivity contribution in [2.24, 2.45) is 0 Å². The molecule has 0 amide bonds. The highest BCUT2D eigenvalue weighted by Gasteiger charge is 2.06. The van der Waals surface area contributed by atoms with Crippen molar-refractivity contribution in [1.82, 2.24) is 24.9 Å². The van der Waals surface area contributed by atoms with Crippen LogP contribution in [-0.4, -0.2) is 32.1 Å². The molecule has 0 aliphatic carbocycles. The molecule has 0 radical (unpaired) electrons. The molecule has 1 atom stereocenters. The van der Waals surface area contributed by atoms with Gasteiger partial charge in [-0.2, -0.15) is 10.2 Å². The number of nitrogens with one attached hydrogen (secondary N) is 1. The third kappa shape index (κ3) is 4.35. The molecule has 2 aromatic rings. The monoisotopic (exact) mass is 295 g/mol. The lowest BCUT2D eigenvalue weighted by molar-refractivity contribution is 0.430. The second-order valence-corrected chi connectivity index (χ2v) is 5.68. The maximum absolute atomic E-state index is 5.82. The summed E-state index contributed by atoms with van der Waals surface area (Å²) in [5, 5.41) is 12.8. The van der Waals surface area contributed by atoms with Gasteiger partial charge in [-0.15, -0.1) is 0 Å². The molecule has 0 aliphatic heterocycles. The molecule has 1 unspecified atom stereocenters. The zero-order chi connectivity index (χ0) is 14.5. The van der Waals surface area contributed by atoms with Gasteiger partial charge in [-0.25, -0.2) is 0 Å². The molecular formula is C14H22ClN5. The van der Waals surface area contributed by atoms with E-state index in [1.807, 2.05) is 17.8 Å². The van der Waals surface area contributed by atoms with Crippen LogP contribution < -0.4 is 5.32 Å². The Kier molecular flexibility index (Phi) is 5.20. The normalized spacial score (nSPS) is 12.8. The van der Waals surface area contributed by atoms with Gasteiger partial charge in [0.1, 0.15) is 0 Å². The molecule has 0 saturated carbocycles. The van der Waals surface area contributed by atoms with E-state index >= 15 is 0 Å². The van der Waals surface area contributed by atoms with Gasteiger partial charge in [-0.3, -0.25) is 9.36 Å². The van der Waals surface area contributed by atoms with Crippen molar-refractivity contribution in [2.75, 3.05) is 6.54 Å². The van der Waals surface area contributed by atoms with Crippen LogP contribution in [0, 0.1) is 13.8 Å². The summed E-state index contributed by atoms with van der Waals surface area (Å²) in [6.45, 7) is 9.03. The fourth-order valence-corrected chi connectivity index (χ4v) is 2.39. The fraction of sp³-hybridized carbons (Fsp3) is 0.571. The third-order valence-electron chi connectivity index (χ3n) is 3.21. The quantitative estimate of drug-likeness (QED) is 0.798. The average Bonchev–Trinajstić information content (AvgIpc) is 2.92. The van der Waals surface area contributed by atoms with Gasteiger partial charge in [-0.1, -0.05) is 11.6 Å². The first-order valence-electron chi connectivity index (χ1n) is 6.97. The van der Waals surface area contributed by atoms with Gasteiger partial charge in [0, 0.05) is 24.5 Å². The van der Waals surface area contributed by atoms with E-state index < -0.39 is 0 Å². The van der Waals surface area contributed by atoms with E-state index in [9.17, 15) is 0 Å². The molecule has 0 spiro atoms. The number of aromatic nitrogens is 4. The first-order chi connectivity index (χ1) is 9.54. The Morgan fingerprint density at radius 2 is 2.20 bits per heavy atom. The highest BCUT2D eigenvalue weighted by atomic mass is 35.5. The lowest BCUT2D eigenvalue weighted by Gasteiger charge is -2.15. The Labute approximate surface area is 124 Å². The minimum Gasteiger partial charge on any atom is -0.312 e. The highest BCUT2D eigenvalue weighted by molar-refractivity contribution is 6.30. The minimum atomic E-state index is 0.397. The fourth-order valence-electron chi connectivity index (χ4n) is 2.23. The Hall–Kier alpha value is -1.33. The van der Waals surface area contributed by atoms with Crippen molar-refractivity contribution in [2.45, 2.75) is 46.3 Å². The molecule has 0 aromatic carbocycles. The van der Waals surface area contributed by atoms with Crippen LogP contribution in [0.1, 0.15) is 24.7 Å². The smallest absolute Gasteiger partial charge is 0.0785 e. The number of aryl methyl sites for hydroxylation is 3. The molecule has 1 N–H and O–H groups in total. The van der Waals surface area contributed by atoms with Gasteiger partial charge in [0.05, 0.1) is 23.5 Å². The molecular weight excluding hydrogens is 274 g/mol. The van der Waals surface area contributed by atoms with Crippen molar-refractivity contribution in [3.63, 3.8) is 0 Å². The largest absolute Gasteiger partial charge is 0.312 e. The van der Waals surface area contributed by atoms with Crippen LogP contribution in [0.5, 0.6) is 0 Å². The van der Waals surface area contributed by atoms with Crippen molar-refractivity contribution < 1.29 is 0 Å². The van der Waals surface area contributed by atoms with Crippen molar-refractivity contribution in [1.29, 1.82) is 0 Å². The van der Waals surface area contributed by atoms with Crippen LogP contribution in [0.15, 0.2) is 18.5 Å². The van der Waals surface area contributed by atoms with Gasteiger partial charge < -0.3 is 5.32 Å². The highest BCUT2D eigenvalue weighted by Crippen LogP contribution is 2.05. The lowest BCUT2D eigenvalue weighted by atomic mass is 10.3. The molecule has 2 rings (SSSR count). The summed E-state index contributed by atoms with van der Waals surface area (Å²) in [6, 6.07) is 2.50. The zero-order valence-corrected chi connectivity index (χ0v) is 13.1. The standard InChI is InChI=1S/C14H22ClN5/c1-11-7-13(3)20(18-11)9-12(2)16-5-4-6-19-10-14(15)8-17-19/h7-8,10,12,16H,4-6,9H2,1-3H3. The summed E-state index contributed by atoms with van der Waals surface area (Å²) in [5.41, 5.74) is 2.28. The molecule has 2 heterocycles. The molecule has 5 nitrogen and oxygen atoms in total. The van der Waals surface area contributed by atoms with Crippen molar-refractivity contribution in [3.8, 4) is 0 Å². The van der Waals surface area contributed by atoms with Crippen LogP contribution in [0.2, 0.25) is 5.02 Å². The van der Waals surface area contributed by atoms with E-state index in [1.165, 1.54) is 5.69 Å². The minimum absolute atomic E-state index is 0.397. The Morgan fingerprint density at radius 3 is 2.80 bits per heavy atom. The first-order valence-corrected chi connectivity index (χ1v) is 7.35. The van der Waals surface area contributed by atoms with Crippen LogP contribution >= 0.6 is 11.6 Å². The molecule has 0 bridgehead atoms. The molecule has 0 aliphatic rings. The Morgan fingerprint density at radius 1 is 1.40 bits per heavy atom. The molecule has 0 fully saturated rings. The summed E-state index contributed by atoms with van der Waals surface area (Å²) in [5.74, 6) is 0. The van der Waals surface area contributed by atoms with Crippen LogP contribution in [0.25, 0.3) is 0 Å². The average molecular weight is 296 g/mol. The molecule has 110 valence electrons. The van der Waals surface area contributed by atoms with E-state index in [4.69, 9.17) is 11.6 Å². The third-order valence-corrected chi connectivity index (χ3v) is 3.40. The summed E-state index contributed by atoms with van der Waals surface area (Å²) >= 11 is 5.82.